The zero-order valence-electron chi connectivity index (χ0n) is 14.9. The molecule has 0 radical (unpaired) electrons. The van der Waals surface area contributed by atoms with Gasteiger partial charge in [0, 0.05) is 13.2 Å². The van der Waals surface area contributed by atoms with Crippen molar-refractivity contribution >= 4 is 0 Å². The molecule has 0 saturated heterocycles. The lowest BCUT2D eigenvalue weighted by molar-refractivity contribution is 0.0842. The van der Waals surface area contributed by atoms with Crippen molar-refractivity contribution in [3.63, 3.8) is 0 Å². The molecule has 2 aliphatic rings. The van der Waals surface area contributed by atoms with Crippen LogP contribution in [0.25, 0.3) is 0 Å². The minimum atomic E-state index is 0.858. The van der Waals surface area contributed by atoms with Gasteiger partial charge in [0.2, 0.25) is 0 Å². The molecule has 0 amide bonds. The first-order valence-corrected chi connectivity index (χ1v) is 10.00. The lowest BCUT2D eigenvalue weighted by atomic mass is 9.75. The van der Waals surface area contributed by atoms with Crippen molar-refractivity contribution in [2.75, 3.05) is 13.2 Å². The van der Waals surface area contributed by atoms with E-state index in [4.69, 9.17) is 4.74 Å². The summed E-state index contributed by atoms with van der Waals surface area (Å²) in [7, 11) is 0. The number of hydrogen-bond acceptors (Lipinski definition) is 1. The first kappa shape index (κ1) is 18.0. The van der Waals surface area contributed by atoms with Crippen LogP contribution in [0.15, 0.2) is 12.7 Å². The molecule has 1 heteroatoms. The standard InChI is InChI=1S/C21H38O/c1-3-5-6-18-7-9-19(10-8-18)11-12-20-13-15-21(16-14-20)17-22-4-2/h3,18-21H,1,4-17H2,2H3/t18-,19-,20?,21?. The van der Waals surface area contributed by atoms with Gasteiger partial charge in [-0.2, -0.15) is 0 Å². The van der Waals surface area contributed by atoms with Gasteiger partial charge in [-0.25, -0.2) is 0 Å². The van der Waals surface area contributed by atoms with Gasteiger partial charge in [-0.05, 0) is 56.3 Å². The molecule has 0 aromatic heterocycles. The van der Waals surface area contributed by atoms with E-state index in [1.165, 1.54) is 77.0 Å². The van der Waals surface area contributed by atoms with E-state index in [1.54, 1.807) is 0 Å². The van der Waals surface area contributed by atoms with Crippen LogP contribution < -0.4 is 0 Å². The van der Waals surface area contributed by atoms with Gasteiger partial charge >= 0.3 is 0 Å². The first-order valence-electron chi connectivity index (χ1n) is 10.00. The van der Waals surface area contributed by atoms with Crippen LogP contribution in [0, 0.1) is 23.7 Å². The van der Waals surface area contributed by atoms with Gasteiger partial charge in [-0.15, -0.1) is 6.58 Å². The maximum absolute atomic E-state index is 5.60. The van der Waals surface area contributed by atoms with Crippen LogP contribution in [-0.2, 0) is 4.74 Å². The number of hydrogen-bond donors (Lipinski definition) is 0. The molecule has 1 nitrogen and oxygen atoms in total. The molecule has 0 aromatic carbocycles. The SMILES string of the molecule is C=CCC[C@H]1CC[C@H](CCC2CCC(COCC)CC2)CC1. The Morgan fingerprint density at radius 1 is 0.773 bits per heavy atom. The highest BCUT2D eigenvalue weighted by atomic mass is 16.5. The maximum Gasteiger partial charge on any atom is 0.0494 e. The van der Waals surface area contributed by atoms with E-state index < -0.39 is 0 Å². The minimum absolute atomic E-state index is 0.858. The summed E-state index contributed by atoms with van der Waals surface area (Å²) in [5.74, 6) is 3.93. The highest BCUT2D eigenvalue weighted by Crippen LogP contribution is 2.37. The third-order valence-electron chi connectivity index (χ3n) is 6.25. The van der Waals surface area contributed by atoms with Gasteiger partial charge in [-0.3, -0.25) is 0 Å². The Kier molecular flexibility index (Phi) is 8.59. The molecule has 22 heavy (non-hydrogen) atoms. The van der Waals surface area contributed by atoms with Crippen LogP contribution >= 0.6 is 0 Å². The molecule has 0 unspecified atom stereocenters. The Morgan fingerprint density at radius 2 is 1.23 bits per heavy atom. The average Bonchev–Trinajstić information content (AvgIpc) is 2.58. The summed E-state index contributed by atoms with van der Waals surface area (Å²) in [6, 6.07) is 0. The van der Waals surface area contributed by atoms with E-state index in [0.29, 0.717) is 0 Å². The van der Waals surface area contributed by atoms with Gasteiger partial charge in [-0.1, -0.05) is 57.4 Å². The van der Waals surface area contributed by atoms with Crippen molar-refractivity contribution in [1.29, 1.82) is 0 Å². The van der Waals surface area contributed by atoms with Gasteiger partial charge in [0.25, 0.3) is 0 Å². The second-order valence-electron chi connectivity index (χ2n) is 7.88. The average molecular weight is 307 g/mol. The lowest BCUT2D eigenvalue weighted by Gasteiger charge is -2.32. The van der Waals surface area contributed by atoms with Crippen molar-refractivity contribution in [2.24, 2.45) is 23.7 Å². The fourth-order valence-corrected chi connectivity index (χ4v) is 4.61. The fraction of sp³-hybridized carbons (Fsp3) is 0.905. The van der Waals surface area contributed by atoms with Crippen molar-refractivity contribution in [2.45, 2.75) is 84.0 Å². The van der Waals surface area contributed by atoms with Crippen molar-refractivity contribution < 1.29 is 4.74 Å². The smallest absolute Gasteiger partial charge is 0.0494 e. The minimum Gasteiger partial charge on any atom is -0.381 e. The summed E-state index contributed by atoms with van der Waals surface area (Å²) in [5.41, 5.74) is 0. The lowest BCUT2D eigenvalue weighted by Crippen LogP contribution is -2.20. The summed E-state index contributed by atoms with van der Waals surface area (Å²) in [4.78, 5) is 0. The molecular formula is C21H38O. The highest BCUT2D eigenvalue weighted by molar-refractivity contribution is 4.78. The second kappa shape index (κ2) is 10.5. The van der Waals surface area contributed by atoms with Crippen LogP contribution in [0.3, 0.4) is 0 Å². The Hall–Kier alpha value is -0.300. The molecule has 128 valence electrons. The summed E-state index contributed by atoms with van der Waals surface area (Å²) in [6.45, 7) is 7.86. The third kappa shape index (κ3) is 6.44. The van der Waals surface area contributed by atoms with Crippen LogP contribution in [0.2, 0.25) is 0 Å². The van der Waals surface area contributed by atoms with Gasteiger partial charge in [0.05, 0.1) is 0 Å². The normalized spacial score (nSPS) is 32.8. The number of rotatable bonds is 9. The molecule has 0 heterocycles. The van der Waals surface area contributed by atoms with E-state index >= 15 is 0 Å². The summed E-state index contributed by atoms with van der Waals surface area (Å²) in [6.07, 6.45) is 19.5. The third-order valence-corrected chi connectivity index (χ3v) is 6.25. The zero-order valence-corrected chi connectivity index (χ0v) is 14.9. The molecule has 0 bridgehead atoms. The molecule has 0 aromatic rings. The Balaban J connectivity index is 1.53. The molecule has 2 saturated carbocycles. The van der Waals surface area contributed by atoms with E-state index in [0.717, 1.165) is 36.9 Å². The molecule has 2 fully saturated rings. The molecule has 2 rings (SSSR count). The summed E-state index contributed by atoms with van der Waals surface area (Å²) in [5, 5.41) is 0. The van der Waals surface area contributed by atoms with Gasteiger partial charge in [0.1, 0.15) is 0 Å². The van der Waals surface area contributed by atoms with Crippen LogP contribution in [0.1, 0.15) is 84.0 Å². The quantitative estimate of drug-likeness (QED) is 0.449. The first-order chi connectivity index (χ1) is 10.8. The molecule has 0 atom stereocenters. The van der Waals surface area contributed by atoms with Crippen LogP contribution in [0.5, 0.6) is 0 Å². The summed E-state index contributed by atoms with van der Waals surface area (Å²) < 4.78 is 5.60. The summed E-state index contributed by atoms with van der Waals surface area (Å²) >= 11 is 0. The van der Waals surface area contributed by atoms with Crippen molar-refractivity contribution in [3.8, 4) is 0 Å². The van der Waals surface area contributed by atoms with Crippen LogP contribution in [0.4, 0.5) is 0 Å². The monoisotopic (exact) mass is 306 g/mol. The molecule has 2 aliphatic carbocycles. The Morgan fingerprint density at radius 3 is 1.68 bits per heavy atom. The Labute approximate surface area is 138 Å². The zero-order chi connectivity index (χ0) is 15.6. The Bertz CT molecular complexity index is 282. The van der Waals surface area contributed by atoms with E-state index in [-0.39, 0.29) is 0 Å². The van der Waals surface area contributed by atoms with Gasteiger partial charge in [0.15, 0.2) is 0 Å². The van der Waals surface area contributed by atoms with E-state index in [2.05, 4.69) is 19.6 Å². The van der Waals surface area contributed by atoms with E-state index in [1.807, 2.05) is 0 Å². The molecular weight excluding hydrogens is 268 g/mol. The number of allylic oxidation sites excluding steroid dienone is 1. The predicted octanol–water partition coefficient (Wildman–Crippen LogP) is 6.38. The second-order valence-corrected chi connectivity index (χ2v) is 7.88. The molecule has 0 N–H and O–H groups in total. The number of ether oxygens (including phenoxy) is 1. The molecule has 0 spiro atoms. The topological polar surface area (TPSA) is 9.23 Å². The fourth-order valence-electron chi connectivity index (χ4n) is 4.61. The van der Waals surface area contributed by atoms with Crippen molar-refractivity contribution in [1.82, 2.24) is 0 Å². The van der Waals surface area contributed by atoms with Crippen LogP contribution in [-0.4, -0.2) is 13.2 Å². The highest BCUT2D eigenvalue weighted by Gasteiger charge is 2.24. The maximum atomic E-state index is 5.60. The largest absolute Gasteiger partial charge is 0.381 e. The van der Waals surface area contributed by atoms with Gasteiger partial charge < -0.3 is 4.74 Å². The predicted molar refractivity (Wildman–Crippen MR) is 96.1 cm³/mol. The van der Waals surface area contributed by atoms with Crippen molar-refractivity contribution in [3.05, 3.63) is 12.7 Å². The van der Waals surface area contributed by atoms with E-state index in [9.17, 15) is 0 Å². The molecule has 0 aliphatic heterocycles.